The molecule has 0 radical (unpaired) electrons. The Labute approximate surface area is 205 Å². The number of nitrogens with zero attached hydrogens (tertiary/aromatic N) is 1. The molecule has 0 bridgehead atoms. The summed E-state index contributed by atoms with van der Waals surface area (Å²) < 4.78 is 54.5. The van der Waals surface area contributed by atoms with Gasteiger partial charge in [0.1, 0.15) is 5.82 Å². The van der Waals surface area contributed by atoms with Crippen molar-refractivity contribution in [1.29, 1.82) is 0 Å². The van der Waals surface area contributed by atoms with Gasteiger partial charge in [-0.3, -0.25) is 4.79 Å². The summed E-state index contributed by atoms with van der Waals surface area (Å²) in [5.41, 5.74) is -0.583. The summed E-state index contributed by atoms with van der Waals surface area (Å²) >= 11 is 3.41. The first kappa shape index (κ1) is 26.2. The van der Waals surface area contributed by atoms with Crippen LogP contribution in [0.1, 0.15) is 29.5 Å². The van der Waals surface area contributed by atoms with Gasteiger partial charge in [0, 0.05) is 35.9 Å². The molecule has 2 aromatic rings. The molecule has 0 heterocycles. The second-order valence-corrected chi connectivity index (χ2v) is 9.56. The molecule has 0 saturated heterocycles. The second kappa shape index (κ2) is 10.5. The molecule has 1 amide bonds. The Hall–Kier alpha value is -2.39. The number of benzene rings is 2. The maximum Gasteiger partial charge on any atom is 0.416 e. The third-order valence-electron chi connectivity index (χ3n) is 6.24. The molecule has 4 nitrogen and oxygen atoms in total. The normalized spacial score (nSPS) is 15.5. The van der Waals surface area contributed by atoms with Crippen LogP contribution in [0.2, 0.25) is 0 Å². The Morgan fingerprint density at radius 3 is 2.38 bits per heavy atom. The fraction of sp³-hybridized carbons (Fsp3) is 0.400. The first-order valence-corrected chi connectivity index (χ1v) is 11.7. The van der Waals surface area contributed by atoms with Gasteiger partial charge in [-0.05, 0) is 56.1 Å². The molecule has 2 aromatic carbocycles. The van der Waals surface area contributed by atoms with Gasteiger partial charge in [-0.2, -0.15) is 13.2 Å². The number of carbonyl (C=O) groups is 1. The Balaban J connectivity index is 1.84. The molecule has 1 aliphatic rings. The van der Waals surface area contributed by atoms with Gasteiger partial charge in [0.05, 0.1) is 17.0 Å². The van der Waals surface area contributed by atoms with Gasteiger partial charge in [-0.1, -0.05) is 40.7 Å². The van der Waals surface area contributed by atoms with Gasteiger partial charge in [0.15, 0.2) is 0 Å². The molecule has 9 heteroatoms. The molecule has 1 atom stereocenters. The Morgan fingerprint density at radius 1 is 1.21 bits per heavy atom. The number of halogens is 5. The quantitative estimate of drug-likeness (QED) is 0.414. The lowest BCUT2D eigenvalue weighted by Gasteiger charge is -2.31. The van der Waals surface area contributed by atoms with Gasteiger partial charge < -0.3 is 15.5 Å². The zero-order valence-corrected chi connectivity index (χ0v) is 20.7. The van der Waals surface area contributed by atoms with Crippen molar-refractivity contribution >= 4 is 21.8 Å². The number of carbonyl (C=O) groups excluding carboxylic acids is 1. The van der Waals surface area contributed by atoms with Crippen molar-refractivity contribution in [3.05, 3.63) is 81.7 Å². The SMILES string of the molecule is C=C([C@H](Cc1ccc(Br)cc1)NC(=O)C1(c2ccc(C(F)(F)F)cc2F)CC1)N(C)CCNC. The van der Waals surface area contributed by atoms with Crippen LogP contribution in [0.15, 0.2) is 59.2 Å². The topological polar surface area (TPSA) is 44.4 Å². The van der Waals surface area contributed by atoms with E-state index < -0.39 is 34.9 Å². The highest BCUT2D eigenvalue weighted by atomic mass is 79.9. The van der Waals surface area contributed by atoms with E-state index in [1.807, 2.05) is 43.3 Å². The van der Waals surface area contributed by atoms with Crippen LogP contribution < -0.4 is 10.6 Å². The fourth-order valence-corrected chi connectivity index (χ4v) is 4.18. The summed E-state index contributed by atoms with van der Waals surface area (Å²) in [4.78, 5) is 15.3. The molecule has 3 rings (SSSR count). The third-order valence-corrected chi connectivity index (χ3v) is 6.77. The van der Waals surface area contributed by atoms with Crippen LogP contribution in [-0.4, -0.2) is 44.0 Å². The summed E-state index contributed by atoms with van der Waals surface area (Å²) in [7, 11) is 3.72. The molecule has 0 spiro atoms. The number of hydrogen-bond acceptors (Lipinski definition) is 3. The number of nitrogens with one attached hydrogen (secondary N) is 2. The molecule has 2 N–H and O–H groups in total. The van der Waals surface area contributed by atoms with Crippen molar-refractivity contribution in [2.24, 2.45) is 0 Å². The minimum absolute atomic E-state index is 0.00505. The average molecular weight is 542 g/mol. The van der Waals surface area contributed by atoms with Gasteiger partial charge in [0.25, 0.3) is 0 Å². The lowest BCUT2D eigenvalue weighted by atomic mass is 9.92. The molecular formula is C25H28BrF4N3O. The van der Waals surface area contributed by atoms with Gasteiger partial charge in [-0.25, -0.2) is 4.39 Å². The molecule has 0 unspecified atom stereocenters. The molecule has 1 saturated carbocycles. The minimum Gasteiger partial charge on any atom is -0.375 e. The van der Waals surface area contributed by atoms with E-state index in [1.165, 1.54) is 0 Å². The predicted molar refractivity (Wildman–Crippen MR) is 128 cm³/mol. The zero-order valence-electron chi connectivity index (χ0n) is 19.1. The predicted octanol–water partition coefficient (Wildman–Crippen LogP) is 5.03. The summed E-state index contributed by atoms with van der Waals surface area (Å²) in [5.74, 6) is -1.42. The van der Waals surface area contributed by atoms with Crippen molar-refractivity contribution in [1.82, 2.24) is 15.5 Å². The van der Waals surface area contributed by atoms with Crippen molar-refractivity contribution in [2.45, 2.75) is 36.9 Å². The summed E-state index contributed by atoms with van der Waals surface area (Å²) in [6.07, 6.45) is -3.44. The monoisotopic (exact) mass is 541 g/mol. The van der Waals surface area contributed by atoms with Crippen LogP contribution in [0.3, 0.4) is 0 Å². The maximum absolute atomic E-state index is 14.7. The number of hydrogen-bond donors (Lipinski definition) is 2. The largest absolute Gasteiger partial charge is 0.416 e. The van der Waals surface area contributed by atoms with E-state index >= 15 is 0 Å². The van der Waals surface area contributed by atoms with E-state index in [-0.39, 0.29) is 5.56 Å². The Bertz CT molecular complexity index is 1040. The first-order valence-electron chi connectivity index (χ1n) is 10.9. The minimum atomic E-state index is -4.65. The Kier molecular flexibility index (Phi) is 8.08. The molecule has 0 aliphatic heterocycles. The lowest BCUT2D eigenvalue weighted by Crippen LogP contribution is -2.47. The van der Waals surface area contributed by atoms with E-state index in [1.54, 1.807) is 0 Å². The van der Waals surface area contributed by atoms with Crippen LogP contribution in [0, 0.1) is 5.82 Å². The average Bonchev–Trinajstić information content (AvgIpc) is 3.59. The van der Waals surface area contributed by atoms with Crippen LogP contribution in [0.5, 0.6) is 0 Å². The van der Waals surface area contributed by atoms with Gasteiger partial charge >= 0.3 is 6.18 Å². The number of rotatable bonds is 10. The van der Waals surface area contributed by atoms with E-state index in [0.29, 0.717) is 37.6 Å². The van der Waals surface area contributed by atoms with Crippen molar-refractivity contribution < 1.29 is 22.4 Å². The van der Waals surface area contributed by atoms with Crippen LogP contribution in [-0.2, 0) is 22.8 Å². The van der Waals surface area contributed by atoms with Crippen molar-refractivity contribution in [3.63, 3.8) is 0 Å². The molecule has 184 valence electrons. The van der Waals surface area contributed by atoms with Gasteiger partial charge in [0.2, 0.25) is 5.91 Å². The summed E-state index contributed by atoms with van der Waals surface area (Å²) in [6.45, 7) is 5.57. The van der Waals surface area contributed by atoms with Crippen molar-refractivity contribution in [3.8, 4) is 0 Å². The van der Waals surface area contributed by atoms with E-state index in [0.717, 1.165) is 28.7 Å². The highest BCUT2D eigenvalue weighted by molar-refractivity contribution is 9.10. The van der Waals surface area contributed by atoms with Crippen LogP contribution >= 0.6 is 15.9 Å². The molecule has 34 heavy (non-hydrogen) atoms. The van der Waals surface area contributed by atoms with Gasteiger partial charge in [-0.15, -0.1) is 0 Å². The molecule has 1 fully saturated rings. The van der Waals surface area contributed by atoms with E-state index in [2.05, 4.69) is 33.1 Å². The van der Waals surface area contributed by atoms with Crippen LogP contribution in [0.25, 0.3) is 0 Å². The molecular weight excluding hydrogens is 514 g/mol. The van der Waals surface area contributed by atoms with E-state index in [9.17, 15) is 22.4 Å². The van der Waals surface area contributed by atoms with E-state index in [4.69, 9.17) is 0 Å². The lowest BCUT2D eigenvalue weighted by molar-refractivity contribution is -0.137. The second-order valence-electron chi connectivity index (χ2n) is 8.65. The van der Waals surface area contributed by atoms with Crippen LogP contribution in [0.4, 0.5) is 17.6 Å². The maximum atomic E-state index is 14.7. The smallest absolute Gasteiger partial charge is 0.375 e. The first-order chi connectivity index (χ1) is 16.0. The number of alkyl halides is 3. The highest BCUT2D eigenvalue weighted by Gasteiger charge is 2.53. The fourth-order valence-electron chi connectivity index (χ4n) is 3.92. The number of amides is 1. The molecule has 0 aromatic heterocycles. The van der Waals surface area contributed by atoms with Crippen molar-refractivity contribution in [2.75, 3.05) is 27.2 Å². The third kappa shape index (κ3) is 5.99. The zero-order chi connectivity index (χ0) is 25.1. The highest BCUT2D eigenvalue weighted by Crippen LogP contribution is 2.50. The summed E-state index contributed by atoms with van der Waals surface area (Å²) in [6, 6.07) is 9.60. The molecule has 1 aliphatic carbocycles. The number of likely N-dealkylation sites (N-methyl/N-ethyl adjacent to an activating group) is 2. The standard InChI is InChI=1S/C25H28BrF4N3O/c1-16(33(3)13-12-31-2)22(14-17-4-7-19(26)8-5-17)32-23(34)24(10-11-24)20-9-6-18(15-21(20)27)25(28,29)30/h4-9,15,22,31H,1,10-14H2,2-3H3,(H,32,34)/t22-/m0/s1. The summed E-state index contributed by atoms with van der Waals surface area (Å²) in [5, 5.41) is 6.08. The Morgan fingerprint density at radius 2 is 1.85 bits per heavy atom.